The van der Waals surface area contributed by atoms with Gasteiger partial charge in [0.25, 0.3) is 0 Å². The predicted molar refractivity (Wildman–Crippen MR) is 51.0 cm³/mol. The molecule has 2 rings (SSSR count). The summed E-state index contributed by atoms with van der Waals surface area (Å²) in [6.45, 7) is 2.17. The van der Waals surface area contributed by atoms with Gasteiger partial charge >= 0.3 is 5.97 Å². The van der Waals surface area contributed by atoms with Gasteiger partial charge in [0.1, 0.15) is 12.6 Å². The molecule has 0 bridgehead atoms. The fourth-order valence-electron chi connectivity index (χ4n) is 1.94. The number of carbonyl (C=O) groups excluding carboxylic acids is 1. The fraction of sp³-hybridized carbons (Fsp3) is 0.900. The molecule has 80 valence electrons. The van der Waals surface area contributed by atoms with E-state index in [1.165, 1.54) is 0 Å². The van der Waals surface area contributed by atoms with Gasteiger partial charge in [-0.2, -0.15) is 0 Å². The van der Waals surface area contributed by atoms with E-state index >= 15 is 0 Å². The number of rotatable bonds is 3. The Balaban J connectivity index is 1.66. The van der Waals surface area contributed by atoms with Crippen LogP contribution in [0.5, 0.6) is 0 Å². The highest BCUT2D eigenvalue weighted by Gasteiger charge is 2.25. The lowest BCUT2D eigenvalue weighted by Crippen LogP contribution is -2.34. The fourth-order valence-corrected chi connectivity index (χ4v) is 1.94. The molecule has 4 heteroatoms. The molecule has 0 radical (unpaired) electrons. The minimum atomic E-state index is -0.113. The van der Waals surface area contributed by atoms with Crippen molar-refractivity contribution in [1.29, 1.82) is 0 Å². The van der Waals surface area contributed by atoms with Crippen molar-refractivity contribution in [2.45, 2.75) is 37.8 Å². The lowest BCUT2D eigenvalue weighted by atomic mass is 10.2. The lowest BCUT2D eigenvalue weighted by molar-refractivity contribution is -0.148. The molecule has 2 heterocycles. The second-order valence-corrected chi connectivity index (χ2v) is 3.91. The van der Waals surface area contributed by atoms with Gasteiger partial charge in [-0.05, 0) is 32.2 Å². The van der Waals surface area contributed by atoms with E-state index in [0.29, 0.717) is 6.61 Å². The van der Waals surface area contributed by atoms with Crippen LogP contribution in [0.25, 0.3) is 0 Å². The molecule has 4 nitrogen and oxygen atoms in total. The third-order valence-corrected chi connectivity index (χ3v) is 2.78. The van der Waals surface area contributed by atoms with Crippen LogP contribution in [0.4, 0.5) is 0 Å². The largest absolute Gasteiger partial charge is 0.462 e. The van der Waals surface area contributed by atoms with Crippen LogP contribution in [0, 0.1) is 0 Å². The molecular weight excluding hydrogens is 182 g/mol. The molecule has 0 aromatic rings. The first-order valence-corrected chi connectivity index (χ1v) is 5.38. The summed E-state index contributed by atoms with van der Waals surface area (Å²) in [7, 11) is 0. The molecule has 0 aliphatic carbocycles. The summed E-state index contributed by atoms with van der Waals surface area (Å²) in [6.07, 6.45) is 4.22. The molecule has 2 saturated heterocycles. The molecule has 14 heavy (non-hydrogen) atoms. The Hall–Kier alpha value is -0.610. The van der Waals surface area contributed by atoms with Crippen LogP contribution in [0.15, 0.2) is 0 Å². The Morgan fingerprint density at radius 1 is 1.43 bits per heavy atom. The molecular formula is C10H17NO3. The highest BCUT2D eigenvalue weighted by molar-refractivity contribution is 5.76. The number of esters is 1. The van der Waals surface area contributed by atoms with Crippen LogP contribution in [0.1, 0.15) is 25.7 Å². The average Bonchev–Trinajstić information content (AvgIpc) is 2.87. The normalized spacial score (nSPS) is 32.0. The first-order valence-electron chi connectivity index (χ1n) is 5.38. The van der Waals surface area contributed by atoms with Crippen LogP contribution < -0.4 is 5.32 Å². The van der Waals surface area contributed by atoms with Crippen LogP contribution >= 0.6 is 0 Å². The number of hydrogen-bond acceptors (Lipinski definition) is 4. The molecule has 2 aliphatic rings. The van der Waals surface area contributed by atoms with Gasteiger partial charge in [-0.15, -0.1) is 0 Å². The van der Waals surface area contributed by atoms with Gasteiger partial charge in [-0.3, -0.25) is 4.79 Å². The van der Waals surface area contributed by atoms with E-state index in [0.717, 1.165) is 38.8 Å². The highest BCUT2D eigenvalue weighted by atomic mass is 16.6. The predicted octanol–water partition coefficient (Wildman–Crippen LogP) is 0.461. The van der Waals surface area contributed by atoms with Crippen molar-refractivity contribution in [3.05, 3.63) is 0 Å². The minimum absolute atomic E-state index is 0.0728. The summed E-state index contributed by atoms with van der Waals surface area (Å²) in [4.78, 5) is 11.5. The summed E-state index contributed by atoms with van der Waals surface area (Å²) in [5.74, 6) is -0.113. The first-order chi connectivity index (χ1) is 6.86. The van der Waals surface area contributed by atoms with Gasteiger partial charge in [0.05, 0.1) is 6.10 Å². The number of ether oxygens (including phenoxy) is 2. The standard InChI is InChI=1S/C10H17NO3/c12-10(9-4-1-5-11-9)14-7-8-3-2-6-13-8/h8-9,11H,1-7H2/t8?,9-/m1/s1. The zero-order valence-electron chi connectivity index (χ0n) is 8.33. The number of hydrogen-bond donors (Lipinski definition) is 1. The second-order valence-electron chi connectivity index (χ2n) is 3.91. The van der Waals surface area contributed by atoms with Crippen molar-refractivity contribution in [3.63, 3.8) is 0 Å². The summed E-state index contributed by atoms with van der Waals surface area (Å²) >= 11 is 0. The Kier molecular flexibility index (Phi) is 3.37. The average molecular weight is 199 g/mol. The van der Waals surface area contributed by atoms with Crippen molar-refractivity contribution < 1.29 is 14.3 Å². The molecule has 1 N–H and O–H groups in total. The first kappa shape index (κ1) is 9.93. The molecule has 2 aliphatic heterocycles. The number of nitrogens with one attached hydrogen (secondary N) is 1. The maximum Gasteiger partial charge on any atom is 0.323 e. The van der Waals surface area contributed by atoms with Crippen LogP contribution in [-0.4, -0.2) is 37.9 Å². The van der Waals surface area contributed by atoms with Gasteiger partial charge in [0.2, 0.25) is 0 Å². The van der Waals surface area contributed by atoms with Crippen molar-refractivity contribution >= 4 is 5.97 Å². The zero-order valence-corrected chi connectivity index (χ0v) is 8.33. The molecule has 0 spiro atoms. The molecule has 1 unspecified atom stereocenters. The van der Waals surface area contributed by atoms with Crippen molar-refractivity contribution in [1.82, 2.24) is 5.32 Å². The van der Waals surface area contributed by atoms with Crippen molar-refractivity contribution in [2.24, 2.45) is 0 Å². The molecule has 0 amide bonds. The van der Waals surface area contributed by atoms with Gasteiger partial charge in [-0.1, -0.05) is 0 Å². The minimum Gasteiger partial charge on any atom is -0.462 e. The van der Waals surface area contributed by atoms with Crippen molar-refractivity contribution in [3.8, 4) is 0 Å². The van der Waals surface area contributed by atoms with E-state index < -0.39 is 0 Å². The van der Waals surface area contributed by atoms with Crippen LogP contribution in [0.2, 0.25) is 0 Å². The Labute approximate surface area is 84.0 Å². The van der Waals surface area contributed by atoms with Gasteiger partial charge in [0.15, 0.2) is 0 Å². The van der Waals surface area contributed by atoms with E-state index in [2.05, 4.69) is 5.32 Å². The van der Waals surface area contributed by atoms with Gasteiger partial charge in [0, 0.05) is 6.61 Å². The van der Waals surface area contributed by atoms with E-state index in [1.54, 1.807) is 0 Å². The van der Waals surface area contributed by atoms with Crippen LogP contribution in [0.3, 0.4) is 0 Å². The highest BCUT2D eigenvalue weighted by Crippen LogP contribution is 2.13. The van der Waals surface area contributed by atoms with E-state index in [1.807, 2.05) is 0 Å². The van der Waals surface area contributed by atoms with E-state index in [9.17, 15) is 4.79 Å². The summed E-state index contributed by atoms with van der Waals surface area (Å²) < 4.78 is 10.6. The molecule has 2 atom stereocenters. The summed E-state index contributed by atoms with van der Waals surface area (Å²) in [5.41, 5.74) is 0. The Morgan fingerprint density at radius 2 is 2.36 bits per heavy atom. The Bertz CT molecular complexity index is 196. The van der Waals surface area contributed by atoms with Gasteiger partial charge in [-0.25, -0.2) is 0 Å². The topological polar surface area (TPSA) is 47.6 Å². The zero-order chi connectivity index (χ0) is 9.80. The van der Waals surface area contributed by atoms with Crippen molar-refractivity contribution in [2.75, 3.05) is 19.8 Å². The smallest absolute Gasteiger partial charge is 0.323 e. The second kappa shape index (κ2) is 4.75. The maximum atomic E-state index is 11.5. The molecule has 0 aromatic carbocycles. The number of carbonyl (C=O) groups is 1. The lowest BCUT2D eigenvalue weighted by Gasteiger charge is -2.13. The summed E-state index contributed by atoms with van der Waals surface area (Å²) in [5, 5.41) is 3.12. The summed E-state index contributed by atoms with van der Waals surface area (Å²) in [6, 6.07) is -0.0728. The third kappa shape index (κ3) is 2.45. The Morgan fingerprint density at radius 3 is 3.00 bits per heavy atom. The third-order valence-electron chi connectivity index (χ3n) is 2.78. The van der Waals surface area contributed by atoms with E-state index in [-0.39, 0.29) is 18.1 Å². The van der Waals surface area contributed by atoms with Crippen LogP contribution in [-0.2, 0) is 14.3 Å². The maximum absolute atomic E-state index is 11.5. The molecule has 2 fully saturated rings. The van der Waals surface area contributed by atoms with Gasteiger partial charge < -0.3 is 14.8 Å². The molecule has 0 saturated carbocycles. The SMILES string of the molecule is O=C(OCC1CCCO1)[C@H]1CCCN1. The quantitative estimate of drug-likeness (QED) is 0.671. The molecule has 0 aromatic heterocycles. The monoisotopic (exact) mass is 199 g/mol. The van der Waals surface area contributed by atoms with E-state index in [4.69, 9.17) is 9.47 Å².